The molecule has 1 unspecified atom stereocenters. The summed E-state index contributed by atoms with van der Waals surface area (Å²) in [6.07, 6.45) is 2.58. The van der Waals surface area contributed by atoms with E-state index in [-0.39, 0.29) is 0 Å². The Balaban J connectivity index is 1.68. The number of rotatable bonds is 4. The van der Waals surface area contributed by atoms with E-state index in [0.717, 1.165) is 37.7 Å². The zero-order chi connectivity index (χ0) is 13.1. The van der Waals surface area contributed by atoms with E-state index in [9.17, 15) is 0 Å². The molecule has 3 rings (SSSR count). The van der Waals surface area contributed by atoms with E-state index in [4.69, 9.17) is 9.47 Å². The molecule has 2 heterocycles. The summed E-state index contributed by atoms with van der Waals surface area (Å²) in [5.74, 6) is 1.75. The fourth-order valence-corrected chi connectivity index (χ4v) is 2.92. The molecular formula is C15H22N2O2. The van der Waals surface area contributed by atoms with Crippen LogP contribution >= 0.6 is 0 Å². The number of hydrogen-bond donors (Lipinski definition) is 1. The van der Waals surface area contributed by atoms with E-state index in [0.29, 0.717) is 12.8 Å². The lowest BCUT2D eigenvalue weighted by Gasteiger charge is -2.34. The van der Waals surface area contributed by atoms with Gasteiger partial charge in [-0.05, 0) is 43.6 Å². The van der Waals surface area contributed by atoms with Gasteiger partial charge in [0.2, 0.25) is 6.79 Å². The quantitative estimate of drug-likeness (QED) is 0.899. The van der Waals surface area contributed by atoms with Crippen molar-refractivity contribution in [3.05, 3.63) is 23.8 Å². The van der Waals surface area contributed by atoms with Gasteiger partial charge in [0, 0.05) is 19.1 Å². The summed E-state index contributed by atoms with van der Waals surface area (Å²) in [7, 11) is 0. The number of hydrogen-bond acceptors (Lipinski definition) is 4. The molecule has 1 saturated heterocycles. The molecule has 1 aromatic rings. The number of piperidine rings is 1. The molecule has 2 aliphatic heterocycles. The van der Waals surface area contributed by atoms with Crippen LogP contribution in [-0.4, -0.2) is 37.4 Å². The fourth-order valence-electron chi connectivity index (χ4n) is 2.92. The Kier molecular flexibility index (Phi) is 3.89. The Morgan fingerprint density at radius 3 is 3.00 bits per heavy atom. The van der Waals surface area contributed by atoms with Gasteiger partial charge in [0.25, 0.3) is 0 Å². The molecule has 1 atom stereocenters. The van der Waals surface area contributed by atoms with Gasteiger partial charge in [-0.25, -0.2) is 0 Å². The van der Waals surface area contributed by atoms with Crippen molar-refractivity contribution in [3.63, 3.8) is 0 Å². The second kappa shape index (κ2) is 5.80. The van der Waals surface area contributed by atoms with Gasteiger partial charge in [-0.3, -0.25) is 4.90 Å². The highest BCUT2D eigenvalue weighted by Gasteiger charge is 2.20. The normalized spacial score (nSPS) is 21.9. The first-order valence-corrected chi connectivity index (χ1v) is 7.20. The molecule has 4 nitrogen and oxygen atoms in total. The van der Waals surface area contributed by atoms with E-state index in [1.807, 2.05) is 6.07 Å². The molecule has 1 N–H and O–H groups in total. The van der Waals surface area contributed by atoms with Gasteiger partial charge >= 0.3 is 0 Å². The van der Waals surface area contributed by atoms with Crippen molar-refractivity contribution in [2.24, 2.45) is 0 Å². The third-order valence-electron chi connectivity index (χ3n) is 4.02. The fraction of sp³-hybridized carbons (Fsp3) is 0.600. The van der Waals surface area contributed by atoms with Gasteiger partial charge in [-0.2, -0.15) is 0 Å². The summed E-state index contributed by atoms with van der Waals surface area (Å²) in [5, 5.41) is 3.49. The molecule has 104 valence electrons. The molecule has 0 saturated carbocycles. The van der Waals surface area contributed by atoms with Crippen LogP contribution in [0, 0.1) is 0 Å². The molecular weight excluding hydrogens is 240 g/mol. The number of likely N-dealkylation sites (N-methyl/N-ethyl adjacent to an activating group) is 1. The van der Waals surface area contributed by atoms with Crippen LogP contribution in [0.2, 0.25) is 0 Å². The monoisotopic (exact) mass is 262 g/mol. The molecule has 1 fully saturated rings. The lowest BCUT2D eigenvalue weighted by Crippen LogP contribution is -2.45. The van der Waals surface area contributed by atoms with Crippen molar-refractivity contribution in [1.82, 2.24) is 10.2 Å². The number of ether oxygens (including phenoxy) is 2. The van der Waals surface area contributed by atoms with Gasteiger partial charge < -0.3 is 14.8 Å². The summed E-state index contributed by atoms with van der Waals surface area (Å²) < 4.78 is 10.8. The van der Waals surface area contributed by atoms with Crippen LogP contribution in [0.5, 0.6) is 11.5 Å². The number of nitrogens with one attached hydrogen (secondary N) is 1. The maximum Gasteiger partial charge on any atom is 0.231 e. The van der Waals surface area contributed by atoms with Crippen LogP contribution in [0.15, 0.2) is 18.2 Å². The van der Waals surface area contributed by atoms with Crippen molar-refractivity contribution in [1.29, 1.82) is 0 Å². The van der Waals surface area contributed by atoms with E-state index in [1.54, 1.807) is 0 Å². The molecule has 0 aliphatic carbocycles. The molecule has 4 heteroatoms. The summed E-state index contributed by atoms with van der Waals surface area (Å²) in [5.41, 5.74) is 1.30. The third-order valence-corrected chi connectivity index (χ3v) is 4.02. The first-order chi connectivity index (χ1) is 9.36. The summed E-state index contributed by atoms with van der Waals surface area (Å²) >= 11 is 0. The lowest BCUT2D eigenvalue weighted by molar-refractivity contribution is 0.165. The zero-order valence-corrected chi connectivity index (χ0v) is 11.5. The van der Waals surface area contributed by atoms with Crippen LogP contribution in [0.25, 0.3) is 0 Å². The minimum Gasteiger partial charge on any atom is -0.454 e. The minimum absolute atomic E-state index is 0.350. The molecule has 19 heavy (non-hydrogen) atoms. The summed E-state index contributed by atoms with van der Waals surface area (Å²) in [6.45, 7) is 6.93. The van der Waals surface area contributed by atoms with E-state index in [1.165, 1.54) is 18.4 Å². The van der Waals surface area contributed by atoms with Gasteiger partial charge in [-0.15, -0.1) is 0 Å². The van der Waals surface area contributed by atoms with Crippen LogP contribution in [0.1, 0.15) is 25.3 Å². The molecule has 0 aromatic heterocycles. The summed E-state index contributed by atoms with van der Waals surface area (Å²) in [6, 6.07) is 6.93. The Morgan fingerprint density at radius 2 is 2.21 bits per heavy atom. The standard InChI is InChI=1S/C15H22N2O2/c1-2-17(13-4-3-7-16-9-13)10-12-5-6-14-15(8-12)19-11-18-14/h5-6,8,13,16H,2-4,7,9-11H2,1H3. The SMILES string of the molecule is CCN(Cc1ccc2c(c1)OCO2)C1CCCNC1. The molecule has 1 aromatic carbocycles. The van der Waals surface area contributed by atoms with Gasteiger partial charge in [0.1, 0.15) is 0 Å². The van der Waals surface area contributed by atoms with Gasteiger partial charge in [0.15, 0.2) is 11.5 Å². The molecule has 0 radical (unpaired) electrons. The van der Waals surface area contributed by atoms with Crippen LogP contribution in [0.4, 0.5) is 0 Å². The highest BCUT2D eigenvalue weighted by Crippen LogP contribution is 2.33. The molecule has 0 bridgehead atoms. The van der Waals surface area contributed by atoms with Crippen molar-refractivity contribution in [3.8, 4) is 11.5 Å². The maximum atomic E-state index is 5.45. The van der Waals surface area contributed by atoms with E-state index >= 15 is 0 Å². The molecule has 2 aliphatic rings. The predicted octanol–water partition coefficient (Wildman–Crippen LogP) is 1.99. The average Bonchev–Trinajstić information content (AvgIpc) is 2.93. The first kappa shape index (κ1) is 12.8. The molecule has 0 amide bonds. The topological polar surface area (TPSA) is 33.7 Å². The summed E-state index contributed by atoms with van der Waals surface area (Å²) in [4.78, 5) is 2.55. The van der Waals surface area contributed by atoms with Gasteiger partial charge in [-0.1, -0.05) is 13.0 Å². The average molecular weight is 262 g/mol. The van der Waals surface area contributed by atoms with Gasteiger partial charge in [0.05, 0.1) is 0 Å². The van der Waals surface area contributed by atoms with Crippen molar-refractivity contribution in [2.45, 2.75) is 32.4 Å². The second-order valence-electron chi connectivity index (χ2n) is 5.25. The highest BCUT2D eigenvalue weighted by atomic mass is 16.7. The number of benzene rings is 1. The molecule has 0 spiro atoms. The largest absolute Gasteiger partial charge is 0.454 e. The Hall–Kier alpha value is -1.26. The Morgan fingerprint density at radius 1 is 1.32 bits per heavy atom. The smallest absolute Gasteiger partial charge is 0.231 e. The first-order valence-electron chi connectivity index (χ1n) is 7.20. The lowest BCUT2D eigenvalue weighted by atomic mass is 10.0. The zero-order valence-electron chi connectivity index (χ0n) is 11.5. The van der Waals surface area contributed by atoms with E-state index in [2.05, 4.69) is 29.3 Å². The highest BCUT2D eigenvalue weighted by molar-refractivity contribution is 5.44. The third kappa shape index (κ3) is 2.85. The Bertz CT molecular complexity index is 430. The van der Waals surface area contributed by atoms with Crippen molar-refractivity contribution in [2.75, 3.05) is 26.4 Å². The minimum atomic E-state index is 0.350. The van der Waals surface area contributed by atoms with E-state index < -0.39 is 0 Å². The van der Waals surface area contributed by atoms with Crippen LogP contribution in [-0.2, 0) is 6.54 Å². The Labute approximate surface area is 114 Å². The van der Waals surface area contributed by atoms with Crippen molar-refractivity contribution < 1.29 is 9.47 Å². The predicted molar refractivity (Wildman–Crippen MR) is 74.5 cm³/mol. The number of nitrogens with zero attached hydrogens (tertiary/aromatic N) is 1. The van der Waals surface area contributed by atoms with Crippen LogP contribution < -0.4 is 14.8 Å². The maximum absolute atomic E-state index is 5.45. The number of fused-ring (bicyclic) bond motifs is 1. The van der Waals surface area contributed by atoms with Crippen LogP contribution in [0.3, 0.4) is 0 Å². The van der Waals surface area contributed by atoms with Crippen molar-refractivity contribution >= 4 is 0 Å². The second-order valence-corrected chi connectivity index (χ2v) is 5.25.